The number of aliphatic imine (C=N–C) groups is 1. The lowest BCUT2D eigenvalue weighted by Gasteiger charge is -2.32. The Morgan fingerprint density at radius 2 is 1.20 bits per heavy atom. The van der Waals surface area contributed by atoms with Crippen LogP contribution in [-0.2, 0) is 30.8 Å². The Kier molecular flexibility index (Phi) is 26.5. The molecule has 0 aliphatic carbocycles. The van der Waals surface area contributed by atoms with Gasteiger partial charge in [-0.2, -0.15) is 33.6 Å². The number of aryl methyl sites for hydroxylation is 6. The minimum absolute atomic E-state index is 0.106. The summed E-state index contributed by atoms with van der Waals surface area (Å²) in [5, 5.41) is 34.5. The van der Waals surface area contributed by atoms with Gasteiger partial charge >= 0.3 is 19.3 Å². The van der Waals surface area contributed by atoms with Crippen LogP contribution in [0.3, 0.4) is 0 Å². The number of carbonyl (C=O) groups excluding carboxylic acids is 1. The molecule has 0 amide bonds. The van der Waals surface area contributed by atoms with E-state index in [1.54, 1.807) is 52.5 Å². The van der Waals surface area contributed by atoms with Crippen LogP contribution < -0.4 is 28.0 Å². The van der Waals surface area contributed by atoms with Crippen LogP contribution in [0.25, 0.3) is 55.2 Å². The number of alkyl halides is 3. The van der Waals surface area contributed by atoms with Crippen molar-refractivity contribution >= 4 is 107 Å². The first-order chi connectivity index (χ1) is 50.0. The van der Waals surface area contributed by atoms with E-state index >= 15 is 0 Å². The van der Waals surface area contributed by atoms with Crippen LogP contribution >= 0.6 is 27.7 Å². The average Bonchev–Trinajstić information content (AvgIpc) is 1.63. The van der Waals surface area contributed by atoms with Crippen LogP contribution in [0, 0.1) is 47.0 Å². The van der Waals surface area contributed by atoms with Crippen LogP contribution in [0.4, 0.5) is 13.2 Å². The second kappa shape index (κ2) is 35.0. The molecule has 27 nitrogen and oxygen atoms in total. The van der Waals surface area contributed by atoms with Crippen molar-refractivity contribution in [3.8, 4) is 0 Å². The molecule has 0 radical (unpaired) electrons. The molecule has 552 valence electrons. The van der Waals surface area contributed by atoms with Crippen molar-refractivity contribution in [2.45, 2.75) is 119 Å². The van der Waals surface area contributed by atoms with Crippen LogP contribution in [-0.4, -0.2) is 129 Å². The number of nitrogens with two attached hydrogens (primary N) is 1. The van der Waals surface area contributed by atoms with E-state index in [2.05, 4.69) is 165 Å². The number of rotatable bonds is 10. The van der Waals surface area contributed by atoms with E-state index in [-0.39, 0.29) is 33.9 Å². The topological polar surface area (TPSA) is 405 Å². The van der Waals surface area contributed by atoms with Crippen molar-refractivity contribution < 1.29 is 32.0 Å². The number of nitrogens with zero attached hydrogens (tertiary/aromatic N) is 9. The number of halogens is 4. The summed E-state index contributed by atoms with van der Waals surface area (Å²) in [6.07, 6.45) is -1.13. The first-order valence-corrected chi connectivity index (χ1v) is 34.7. The van der Waals surface area contributed by atoms with E-state index in [4.69, 9.17) is 25.2 Å². The Hall–Kier alpha value is -11.3. The van der Waals surface area contributed by atoms with Gasteiger partial charge in [0.2, 0.25) is 0 Å². The Balaban J connectivity index is 0.000000159. The van der Waals surface area contributed by atoms with E-state index in [0.29, 0.717) is 113 Å². The summed E-state index contributed by atoms with van der Waals surface area (Å²) >= 11 is 4.77. The summed E-state index contributed by atoms with van der Waals surface area (Å²) in [4.78, 5) is 88.1. The number of thioether (sulfide) groups is 1. The molecule has 1 atom stereocenters. The number of hydrogen-bond donors (Lipinski definition) is 10. The molecular formula is C73H80BBrF3N19O8S. The molecule has 11 N–H and O–H groups in total. The zero-order valence-corrected chi connectivity index (χ0v) is 62.9. The molecule has 12 aromatic rings. The third-order valence-corrected chi connectivity index (χ3v) is 17.9. The first-order valence-electron chi connectivity index (χ1n) is 32.9. The molecule has 4 aromatic carbocycles. The number of fused-ring (bicyclic) bond motifs is 4. The van der Waals surface area contributed by atoms with Crippen molar-refractivity contribution in [2.75, 3.05) is 13.2 Å². The first kappa shape index (κ1) is 80.4. The summed E-state index contributed by atoms with van der Waals surface area (Å²) in [7, 11) is -0.660. The van der Waals surface area contributed by atoms with Gasteiger partial charge in [-0.05, 0) is 145 Å². The molecule has 0 saturated carbocycles. The van der Waals surface area contributed by atoms with Crippen molar-refractivity contribution in [1.29, 1.82) is 5.41 Å². The molecule has 0 bridgehead atoms. The highest BCUT2D eigenvalue weighted by Gasteiger charge is 2.52. The fourth-order valence-electron chi connectivity index (χ4n) is 10.0. The Labute approximate surface area is 618 Å². The molecule has 106 heavy (non-hydrogen) atoms. The van der Waals surface area contributed by atoms with Crippen molar-refractivity contribution in [2.24, 2.45) is 10.7 Å². The molecular weight excluding hydrogens is 1450 g/mol. The number of ether oxygens (including phenoxy) is 1. The molecule has 2 aliphatic heterocycles. The molecule has 0 spiro atoms. The van der Waals surface area contributed by atoms with Gasteiger partial charge in [0.1, 0.15) is 66.7 Å². The van der Waals surface area contributed by atoms with Gasteiger partial charge in [-0.15, -0.1) is 11.8 Å². The van der Waals surface area contributed by atoms with Crippen LogP contribution in [0.5, 0.6) is 0 Å². The van der Waals surface area contributed by atoms with E-state index in [9.17, 15) is 37.1 Å². The molecule has 10 heterocycles. The number of esters is 1. The Bertz CT molecular complexity index is 5440. The van der Waals surface area contributed by atoms with Gasteiger partial charge in [0.25, 0.3) is 22.2 Å². The van der Waals surface area contributed by atoms with Crippen LogP contribution in [0.1, 0.15) is 128 Å². The summed E-state index contributed by atoms with van der Waals surface area (Å²) in [6.45, 7) is 33.1. The third-order valence-electron chi connectivity index (χ3n) is 16.4. The van der Waals surface area contributed by atoms with Gasteiger partial charge in [-0.25, -0.2) is 24.7 Å². The summed E-state index contributed by atoms with van der Waals surface area (Å²) in [5.74, 6) is 2.92. The standard InChI is InChI=1S/C15H18BF3O2.C15H16N4O.C15H14N4O.C9H11NS.C7H10N2O2.C6H5BrN4O.C6H6N4O/c1-10(16-20-13(2,3)14(4,5)21-16)11-6-8-12(9-7-11)15(17,18)19;2*1-8-4-6-11(7-5-8)9(2)12-13-14(19-18-12)15(20)17-10(3)16-13;1-8(10)11-7-9-5-3-2-4-6-9;1-2-11-7(10)6-5(8)3-4-9-6;1-2-8-3-4(6(12)9-2)10-11-5(3)7;1-3-8-4-2-7-10-5(4)6(11)9-3/h6-9H,1H2,2-5H3;4-7,9H,1-3H3,(H,18,19)(H,16,17,20);4-7H,2H2,1,3H3,(H,18,19)(H,16,17,20);2-6,10H,7H2,1H3;3H,2,4,8H2,1H3;1H3,(H,10,11)(H,8,9,12);2H,1H3,(H,7,10)(H,8,9,11). The van der Waals surface area contributed by atoms with Gasteiger partial charge in [0.05, 0.1) is 52.5 Å². The molecule has 8 aromatic heterocycles. The average molecular weight is 1530 g/mol. The number of aromatic amines is 8. The fraction of sp³-hybridized carbons (Fsp3) is 0.274. The Morgan fingerprint density at radius 1 is 0.679 bits per heavy atom. The third kappa shape index (κ3) is 20.6. The highest BCUT2D eigenvalue weighted by Crippen LogP contribution is 2.41. The van der Waals surface area contributed by atoms with Gasteiger partial charge in [-0.3, -0.25) is 50.0 Å². The fourth-order valence-corrected chi connectivity index (χ4v) is 11.0. The van der Waals surface area contributed by atoms with E-state index in [1.807, 2.05) is 84.0 Å². The molecule has 2 aliphatic rings. The van der Waals surface area contributed by atoms with Gasteiger partial charge in [0.15, 0.2) is 16.7 Å². The number of H-pyrrole nitrogens is 8. The van der Waals surface area contributed by atoms with Gasteiger partial charge < -0.3 is 39.7 Å². The van der Waals surface area contributed by atoms with E-state index < -0.39 is 36.0 Å². The quantitative estimate of drug-likeness (QED) is 0.0263. The second-order valence-electron chi connectivity index (χ2n) is 25.2. The maximum Gasteiger partial charge on any atom is 0.494 e. The highest BCUT2D eigenvalue weighted by molar-refractivity contribution is 9.10. The number of nitrogens with one attached hydrogen (secondary N) is 9. The number of carbonyl (C=O) groups is 1. The zero-order valence-electron chi connectivity index (χ0n) is 60.4. The number of hydrogen-bond acceptors (Lipinski definition) is 20. The van der Waals surface area contributed by atoms with E-state index in [0.717, 1.165) is 34.7 Å². The predicted octanol–water partition coefficient (Wildman–Crippen LogP) is 12.5. The lowest BCUT2D eigenvalue weighted by Crippen LogP contribution is -2.41. The summed E-state index contributed by atoms with van der Waals surface area (Å²) in [6, 6.07) is 31.4. The van der Waals surface area contributed by atoms with Gasteiger partial charge in [0, 0.05) is 17.2 Å². The maximum atomic E-state index is 12.6. The number of benzene rings is 4. The SMILES string of the molecule is C=C(B1OC(C)(C)C(C)(C)O1)c1ccc(C(F)(F)F)cc1.C=C(c1ccc(C)cc1)c1n[nH]c2c(=O)[nH]c(C)nc12.CC(=N)SCc1ccccc1.CCOC(=O)C1=NCC=C1N.Cc1ccc(C(C)c2[nH]nc3c(=O)[nH]c(C)nc23)cc1.Cc1nc2c(Br)[nH]nc2c(=O)[nH]1.Cc1nc2cn[nH]c2c(=O)[nH]1. The lowest BCUT2D eigenvalue weighted by atomic mass is 9.75. The minimum atomic E-state index is -4.34. The number of aromatic nitrogens is 16. The molecule has 14 rings (SSSR count). The van der Waals surface area contributed by atoms with Crippen molar-refractivity contribution in [3.05, 3.63) is 254 Å². The normalized spacial score (nSPS) is 13.5. The highest BCUT2D eigenvalue weighted by atomic mass is 79.9. The zero-order chi connectivity index (χ0) is 77.5. The monoisotopic (exact) mass is 1530 g/mol. The largest absolute Gasteiger partial charge is 0.494 e. The summed E-state index contributed by atoms with van der Waals surface area (Å²) in [5.41, 5.74) is 16.6. The lowest BCUT2D eigenvalue weighted by molar-refractivity contribution is -0.137. The van der Waals surface area contributed by atoms with Crippen molar-refractivity contribution in [1.82, 2.24) is 80.7 Å². The van der Waals surface area contributed by atoms with Gasteiger partial charge in [-0.1, -0.05) is 122 Å². The molecule has 1 saturated heterocycles. The molecule has 1 unspecified atom stereocenters. The molecule has 1 fully saturated rings. The summed E-state index contributed by atoms with van der Waals surface area (Å²) < 4.78 is 54.7. The molecule has 33 heteroatoms. The second-order valence-corrected chi connectivity index (χ2v) is 27.1. The van der Waals surface area contributed by atoms with E-state index in [1.165, 1.54) is 40.6 Å². The van der Waals surface area contributed by atoms with Crippen LogP contribution in [0.2, 0.25) is 0 Å². The maximum absolute atomic E-state index is 12.6. The smallest absolute Gasteiger partial charge is 0.461 e. The van der Waals surface area contributed by atoms with Crippen LogP contribution in [0.15, 0.2) is 163 Å². The van der Waals surface area contributed by atoms with Crippen molar-refractivity contribution in [3.63, 3.8) is 0 Å². The Morgan fingerprint density at radius 3 is 1.75 bits per heavy atom. The predicted molar refractivity (Wildman–Crippen MR) is 412 cm³/mol. The minimum Gasteiger partial charge on any atom is -0.461 e.